The first-order valence-electron chi connectivity index (χ1n) is 10.7. The summed E-state index contributed by atoms with van der Waals surface area (Å²) in [5.74, 6) is 1.76. The summed E-state index contributed by atoms with van der Waals surface area (Å²) in [4.78, 5) is 25.8. The third kappa shape index (κ3) is 3.96. The molecule has 5 rings (SSSR count). The number of ether oxygens (including phenoxy) is 2. The van der Waals surface area contributed by atoms with Crippen LogP contribution in [0.25, 0.3) is 16.9 Å². The molecule has 11 heteroatoms. The number of carbonyl (C=O) groups excluding carboxylic acids is 1. The number of anilines is 1. The first kappa shape index (κ1) is 21.9. The summed E-state index contributed by atoms with van der Waals surface area (Å²) in [7, 11) is 3.12. The van der Waals surface area contributed by atoms with Crippen molar-refractivity contribution in [3.63, 3.8) is 0 Å². The van der Waals surface area contributed by atoms with Crippen LogP contribution >= 0.6 is 11.6 Å². The molecule has 4 aromatic rings. The predicted octanol–water partition coefficient (Wildman–Crippen LogP) is 2.84. The highest BCUT2D eigenvalue weighted by molar-refractivity contribution is 6.30. The van der Waals surface area contributed by atoms with Gasteiger partial charge in [0.1, 0.15) is 6.33 Å². The zero-order valence-electron chi connectivity index (χ0n) is 18.7. The van der Waals surface area contributed by atoms with Crippen molar-refractivity contribution in [2.45, 2.75) is 0 Å². The van der Waals surface area contributed by atoms with Crippen LogP contribution in [0.2, 0.25) is 5.02 Å². The van der Waals surface area contributed by atoms with Crippen LogP contribution in [-0.4, -0.2) is 76.2 Å². The fourth-order valence-corrected chi connectivity index (χ4v) is 4.12. The minimum Gasteiger partial charge on any atom is -0.493 e. The number of nitrogens with zero attached hydrogens (tertiary/aromatic N) is 7. The summed E-state index contributed by atoms with van der Waals surface area (Å²) in [6, 6.07) is 12.5. The maximum absolute atomic E-state index is 13.1. The average molecular weight is 480 g/mol. The molecule has 34 heavy (non-hydrogen) atoms. The van der Waals surface area contributed by atoms with E-state index in [4.69, 9.17) is 21.1 Å². The first-order valence-corrected chi connectivity index (χ1v) is 11.1. The van der Waals surface area contributed by atoms with Crippen molar-refractivity contribution in [1.82, 2.24) is 29.9 Å². The highest BCUT2D eigenvalue weighted by atomic mass is 35.5. The second-order valence-corrected chi connectivity index (χ2v) is 8.13. The number of fused-ring (bicyclic) bond motifs is 1. The molecule has 1 saturated heterocycles. The zero-order valence-corrected chi connectivity index (χ0v) is 19.4. The Kier molecular flexibility index (Phi) is 5.89. The Bertz CT molecular complexity index is 1330. The Labute approximate surface area is 200 Å². The van der Waals surface area contributed by atoms with Gasteiger partial charge in [0.05, 0.1) is 19.9 Å². The number of amides is 1. The van der Waals surface area contributed by atoms with Crippen LogP contribution in [0.15, 0.2) is 48.8 Å². The van der Waals surface area contributed by atoms with Crippen LogP contribution in [0.5, 0.6) is 11.5 Å². The molecule has 1 aliphatic rings. The number of halogens is 1. The molecule has 10 nitrogen and oxygen atoms in total. The van der Waals surface area contributed by atoms with Gasteiger partial charge in [-0.1, -0.05) is 16.8 Å². The quantitative estimate of drug-likeness (QED) is 0.431. The van der Waals surface area contributed by atoms with Gasteiger partial charge in [-0.2, -0.15) is 4.68 Å². The molecule has 2 aromatic heterocycles. The van der Waals surface area contributed by atoms with Crippen molar-refractivity contribution in [2.24, 2.45) is 0 Å². The molecule has 1 fully saturated rings. The SMILES string of the molecule is COc1ccc(C(=O)N2CCN(c3ncnc4c3nnn4-c3ccc(Cl)cc3)CC2)cc1OC. The van der Waals surface area contributed by atoms with Gasteiger partial charge < -0.3 is 19.3 Å². The van der Waals surface area contributed by atoms with E-state index in [1.807, 2.05) is 17.0 Å². The second kappa shape index (κ2) is 9.14. The van der Waals surface area contributed by atoms with E-state index in [0.717, 1.165) is 5.69 Å². The lowest BCUT2D eigenvalue weighted by atomic mass is 10.1. The molecule has 1 amide bonds. The normalized spacial score (nSPS) is 13.9. The van der Waals surface area contributed by atoms with Gasteiger partial charge in [-0.05, 0) is 42.5 Å². The van der Waals surface area contributed by atoms with E-state index in [0.29, 0.717) is 65.2 Å². The molecule has 0 atom stereocenters. The van der Waals surface area contributed by atoms with Gasteiger partial charge in [0, 0.05) is 36.8 Å². The number of hydrogen-bond acceptors (Lipinski definition) is 8. The van der Waals surface area contributed by atoms with E-state index in [1.54, 1.807) is 49.2 Å². The van der Waals surface area contributed by atoms with Crippen molar-refractivity contribution in [2.75, 3.05) is 45.3 Å². The average Bonchev–Trinajstić information content (AvgIpc) is 3.33. The second-order valence-electron chi connectivity index (χ2n) is 7.70. The molecule has 0 unspecified atom stereocenters. The van der Waals surface area contributed by atoms with Crippen molar-refractivity contribution in [1.29, 1.82) is 0 Å². The minimum absolute atomic E-state index is 0.0536. The summed E-state index contributed by atoms with van der Waals surface area (Å²) in [6.07, 6.45) is 1.51. The summed E-state index contributed by atoms with van der Waals surface area (Å²) in [5, 5.41) is 9.25. The number of aromatic nitrogens is 5. The molecular weight excluding hydrogens is 458 g/mol. The third-order valence-corrected chi connectivity index (χ3v) is 6.04. The van der Waals surface area contributed by atoms with E-state index in [9.17, 15) is 4.79 Å². The topological polar surface area (TPSA) is 98.5 Å². The Balaban J connectivity index is 1.33. The van der Waals surface area contributed by atoms with Gasteiger partial charge in [0.15, 0.2) is 28.5 Å². The van der Waals surface area contributed by atoms with Crippen molar-refractivity contribution in [3.8, 4) is 17.2 Å². The number of methoxy groups -OCH3 is 2. The molecule has 0 aliphatic carbocycles. The first-order chi connectivity index (χ1) is 16.6. The Morgan fingerprint density at radius 3 is 2.38 bits per heavy atom. The molecule has 0 N–H and O–H groups in total. The van der Waals surface area contributed by atoms with Crippen LogP contribution in [0.1, 0.15) is 10.4 Å². The van der Waals surface area contributed by atoms with Crippen molar-refractivity contribution >= 4 is 34.5 Å². The van der Waals surface area contributed by atoms with E-state index >= 15 is 0 Å². The van der Waals surface area contributed by atoms with Crippen LogP contribution < -0.4 is 14.4 Å². The van der Waals surface area contributed by atoms with Gasteiger partial charge in [0.25, 0.3) is 5.91 Å². The molecule has 3 heterocycles. The molecule has 0 radical (unpaired) electrons. The predicted molar refractivity (Wildman–Crippen MR) is 127 cm³/mol. The van der Waals surface area contributed by atoms with E-state index in [-0.39, 0.29) is 5.91 Å². The van der Waals surface area contributed by atoms with Crippen LogP contribution in [0.4, 0.5) is 5.82 Å². The maximum Gasteiger partial charge on any atom is 0.254 e. The van der Waals surface area contributed by atoms with Crippen LogP contribution in [-0.2, 0) is 0 Å². The molecule has 174 valence electrons. The van der Waals surface area contributed by atoms with E-state index in [2.05, 4.69) is 25.2 Å². The highest BCUT2D eigenvalue weighted by Gasteiger charge is 2.26. The van der Waals surface area contributed by atoms with E-state index < -0.39 is 0 Å². The Hall–Kier alpha value is -3.92. The number of hydrogen-bond donors (Lipinski definition) is 0. The van der Waals surface area contributed by atoms with Crippen LogP contribution in [0.3, 0.4) is 0 Å². The molecule has 1 aliphatic heterocycles. The largest absolute Gasteiger partial charge is 0.493 e. The number of benzene rings is 2. The van der Waals surface area contributed by atoms with Gasteiger partial charge in [0.2, 0.25) is 0 Å². The number of carbonyl (C=O) groups is 1. The zero-order chi connectivity index (χ0) is 23.7. The standard InChI is InChI=1S/C23H22ClN7O3/c1-33-18-8-3-15(13-19(18)34-2)23(32)30-11-9-29(10-12-30)21-20-22(26-14-25-21)31(28-27-20)17-6-4-16(24)5-7-17/h3-8,13-14H,9-12H2,1-2H3. The fourth-order valence-electron chi connectivity index (χ4n) is 4.00. The number of piperazine rings is 1. The van der Waals surface area contributed by atoms with Gasteiger partial charge in [-0.25, -0.2) is 9.97 Å². The summed E-state index contributed by atoms with van der Waals surface area (Å²) in [6.45, 7) is 2.31. The molecule has 0 bridgehead atoms. The highest BCUT2D eigenvalue weighted by Crippen LogP contribution is 2.29. The van der Waals surface area contributed by atoms with Crippen molar-refractivity contribution in [3.05, 3.63) is 59.4 Å². The fraction of sp³-hybridized carbons (Fsp3) is 0.261. The maximum atomic E-state index is 13.1. The van der Waals surface area contributed by atoms with Crippen molar-refractivity contribution < 1.29 is 14.3 Å². The number of rotatable bonds is 5. The monoisotopic (exact) mass is 479 g/mol. The van der Waals surface area contributed by atoms with E-state index in [1.165, 1.54) is 6.33 Å². The lowest BCUT2D eigenvalue weighted by Gasteiger charge is -2.35. The van der Waals surface area contributed by atoms with Gasteiger partial charge in [-0.15, -0.1) is 5.10 Å². The van der Waals surface area contributed by atoms with Crippen LogP contribution in [0, 0.1) is 0 Å². The molecule has 2 aromatic carbocycles. The summed E-state index contributed by atoms with van der Waals surface area (Å²) >= 11 is 6.00. The summed E-state index contributed by atoms with van der Waals surface area (Å²) in [5.41, 5.74) is 2.58. The lowest BCUT2D eigenvalue weighted by molar-refractivity contribution is 0.0746. The smallest absolute Gasteiger partial charge is 0.254 e. The lowest BCUT2D eigenvalue weighted by Crippen LogP contribution is -2.49. The minimum atomic E-state index is -0.0536. The molecule has 0 spiro atoms. The molecular formula is C23H22ClN7O3. The van der Waals surface area contributed by atoms with Gasteiger partial charge in [-0.3, -0.25) is 4.79 Å². The summed E-state index contributed by atoms with van der Waals surface area (Å²) < 4.78 is 12.3. The Morgan fingerprint density at radius 2 is 1.68 bits per heavy atom. The molecule has 0 saturated carbocycles. The third-order valence-electron chi connectivity index (χ3n) is 5.79. The Morgan fingerprint density at radius 1 is 0.941 bits per heavy atom. The van der Waals surface area contributed by atoms with Gasteiger partial charge >= 0.3 is 0 Å².